The third-order valence-corrected chi connectivity index (χ3v) is 6.71. The van der Waals surface area contributed by atoms with Crippen molar-refractivity contribution in [3.8, 4) is 22.9 Å². The van der Waals surface area contributed by atoms with Gasteiger partial charge in [-0.05, 0) is 75.5 Å². The number of hydrogen-bond donors (Lipinski definition) is 2. The number of hydrogen-bond acceptors (Lipinski definition) is 4. The van der Waals surface area contributed by atoms with Crippen LogP contribution in [0.4, 0.5) is 5.69 Å². The highest BCUT2D eigenvalue weighted by atomic mass is 79.9. The van der Waals surface area contributed by atoms with Crippen molar-refractivity contribution in [3.63, 3.8) is 0 Å². The van der Waals surface area contributed by atoms with Crippen LogP contribution in [0.15, 0.2) is 62.5 Å². The van der Waals surface area contributed by atoms with Crippen LogP contribution in [0.3, 0.4) is 0 Å². The Morgan fingerprint density at radius 3 is 2.73 bits per heavy atom. The Balaban J connectivity index is 1.73. The number of fused-ring (bicyclic) bond motifs is 1. The summed E-state index contributed by atoms with van der Waals surface area (Å²) in [5.74, 6) is 1.24. The first kappa shape index (κ1) is 20.6. The standard InChI is InChI=1S/C23H19Br2N3O2/c1-3-30-20-11-16(24)21(25)15(22(20)29)12-26-19-10-14(9-8-13(19)2)23-27-17-6-4-5-7-18(17)28-23/h4-12,29H,3H2,1-2H3,(H,27,28). The van der Waals surface area contributed by atoms with Crippen molar-refractivity contribution in [3.05, 3.63) is 68.6 Å². The van der Waals surface area contributed by atoms with Gasteiger partial charge in [0.2, 0.25) is 0 Å². The number of rotatable bonds is 5. The van der Waals surface area contributed by atoms with Crippen LogP contribution in [-0.4, -0.2) is 27.9 Å². The molecule has 0 saturated heterocycles. The third kappa shape index (κ3) is 4.00. The molecule has 5 nitrogen and oxygen atoms in total. The first-order chi connectivity index (χ1) is 14.5. The second kappa shape index (κ2) is 8.62. The molecule has 1 heterocycles. The van der Waals surface area contributed by atoms with Crippen molar-refractivity contribution >= 4 is 54.8 Å². The lowest BCUT2D eigenvalue weighted by molar-refractivity contribution is 0.317. The molecule has 0 saturated carbocycles. The SMILES string of the molecule is CCOc1cc(Br)c(Br)c(C=Nc2cc(-c3nc4ccccc4[nH]3)ccc2C)c1O. The van der Waals surface area contributed by atoms with Crippen LogP contribution in [0.2, 0.25) is 0 Å². The number of aromatic nitrogens is 2. The number of phenols is 1. The van der Waals surface area contributed by atoms with Gasteiger partial charge in [-0.3, -0.25) is 4.99 Å². The minimum absolute atomic E-state index is 0.0433. The number of aromatic hydroxyl groups is 1. The number of halogens is 2. The molecule has 4 aromatic rings. The van der Waals surface area contributed by atoms with Crippen molar-refractivity contribution < 1.29 is 9.84 Å². The molecule has 0 unspecified atom stereocenters. The summed E-state index contributed by atoms with van der Waals surface area (Å²) >= 11 is 7.00. The molecule has 7 heteroatoms. The molecule has 0 amide bonds. The number of phenolic OH excluding ortho intramolecular Hbond substituents is 1. The van der Waals surface area contributed by atoms with Gasteiger partial charge in [0.1, 0.15) is 5.82 Å². The van der Waals surface area contributed by atoms with Crippen LogP contribution >= 0.6 is 31.9 Å². The van der Waals surface area contributed by atoms with Crippen molar-refractivity contribution in [1.29, 1.82) is 0 Å². The molecule has 0 aliphatic carbocycles. The number of nitrogens with zero attached hydrogens (tertiary/aromatic N) is 2. The predicted molar refractivity (Wildman–Crippen MR) is 128 cm³/mol. The number of aromatic amines is 1. The summed E-state index contributed by atoms with van der Waals surface area (Å²) < 4.78 is 7.00. The van der Waals surface area contributed by atoms with Crippen molar-refractivity contribution in [2.75, 3.05) is 6.61 Å². The van der Waals surface area contributed by atoms with Crippen LogP contribution in [-0.2, 0) is 0 Å². The zero-order valence-electron chi connectivity index (χ0n) is 16.4. The summed E-state index contributed by atoms with van der Waals surface area (Å²) in [5, 5.41) is 10.6. The summed E-state index contributed by atoms with van der Waals surface area (Å²) in [6.45, 7) is 4.32. The second-order valence-corrected chi connectivity index (χ2v) is 8.38. The molecule has 152 valence electrons. The maximum atomic E-state index is 10.6. The van der Waals surface area contributed by atoms with E-state index in [9.17, 15) is 5.11 Å². The van der Waals surface area contributed by atoms with Gasteiger partial charge in [0.15, 0.2) is 11.5 Å². The van der Waals surface area contributed by atoms with E-state index in [0.717, 1.165) is 38.1 Å². The molecule has 0 bridgehead atoms. The van der Waals surface area contributed by atoms with Crippen LogP contribution in [0, 0.1) is 6.92 Å². The Bertz CT molecular complexity index is 1230. The van der Waals surface area contributed by atoms with Gasteiger partial charge in [-0.2, -0.15) is 0 Å². The van der Waals surface area contributed by atoms with Crippen LogP contribution < -0.4 is 4.74 Å². The first-order valence-electron chi connectivity index (χ1n) is 9.41. The minimum Gasteiger partial charge on any atom is -0.504 e. The molecule has 0 radical (unpaired) electrons. The molecule has 0 fully saturated rings. The fourth-order valence-electron chi connectivity index (χ4n) is 3.11. The van der Waals surface area contributed by atoms with Gasteiger partial charge in [0.25, 0.3) is 0 Å². The average Bonchev–Trinajstić information content (AvgIpc) is 3.17. The largest absolute Gasteiger partial charge is 0.504 e. The van der Waals surface area contributed by atoms with Gasteiger partial charge in [-0.15, -0.1) is 0 Å². The molecule has 3 aromatic carbocycles. The molecule has 30 heavy (non-hydrogen) atoms. The molecule has 2 N–H and O–H groups in total. The zero-order chi connectivity index (χ0) is 21.3. The summed E-state index contributed by atoms with van der Waals surface area (Å²) in [6.07, 6.45) is 1.64. The quantitative estimate of drug-likeness (QED) is 0.276. The second-order valence-electron chi connectivity index (χ2n) is 6.73. The monoisotopic (exact) mass is 527 g/mol. The van der Waals surface area contributed by atoms with E-state index < -0.39 is 0 Å². The highest BCUT2D eigenvalue weighted by Gasteiger charge is 2.15. The van der Waals surface area contributed by atoms with E-state index in [0.29, 0.717) is 22.4 Å². The Labute approximate surface area is 191 Å². The fourth-order valence-corrected chi connectivity index (χ4v) is 3.94. The highest BCUT2D eigenvalue weighted by molar-refractivity contribution is 9.13. The highest BCUT2D eigenvalue weighted by Crippen LogP contribution is 2.40. The van der Waals surface area contributed by atoms with E-state index >= 15 is 0 Å². The number of H-pyrrole nitrogens is 1. The Kier molecular flexibility index (Phi) is 5.92. The maximum absolute atomic E-state index is 10.6. The third-order valence-electron chi connectivity index (χ3n) is 4.70. The first-order valence-corrected chi connectivity index (χ1v) is 11.0. The molecule has 1 aromatic heterocycles. The molecule has 0 aliphatic heterocycles. The lowest BCUT2D eigenvalue weighted by Crippen LogP contribution is -1.96. The van der Waals surface area contributed by atoms with E-state index in [1.54, 1.807) is 12.3 Å². The fraction of sp³-hybridized carbons (Fsp3) is 0.130. The van der Waals surface area contributed by atoms with E-state index in [-0.39, 0.29) is 5.75 Å². The van der Waals surface area contributed by atoms with Gasteiger partial charge in [0.05, 0.1) is 28.9 Å². The van der Waals surface area contributed by atoms with Crippen molar-refractivity contribution in [1.82, 2.24) is 9.97 Å². The topological polar surface area (TPSA) is 70.5 Å². The van der Waals surface area contributed by atoms with Gasteiger partial charge in [-0.25, -0.2) is 4.98 Å². The lowest BCUT2D eigenvalue weighted by atomic mass is 10.1. The van der Waals surface area contributed by atoms with E-state index in [4.69, 9.17) is 4.74 Å². The average molecular weight is 529 g/mol. The van der Waals surface area contributed by atoms with Gasteiger partial charge in [-0.1, -0.05) is 24.3 Å². The van der Waals surface area contributed by atoms with Crippen LogP contribution in [0.1, 0.15) is 18.1 Å². The number of ether oxygens (including phenoxy) is 1. The van der Waals surface area contributed by atoms with Crippen LogP contribution in [0.5, 0.6) is 11.5 Å². The molecule has 4 rings (SSSR count). The number of imidazole rings is 1. The zero-order valence-corrected chi connectivity index (χ0v) is 19.6. The van der Waals surface area contributed by atoms with E-state index in [1.165, 1.54) is 0 Å². The summed E-state index contributed by atoms with van der Waals surface area (Å²) in [5.41, 5.74) is 5.20. The number of aliphatic imine (C=N–C) groups is 1. The minimum atomic E-state index is 0.0433. The molecular weight excluding hydrogens is 510 g/mol. The Morgan fingerprint density at radius 2 is 1.97 bits per heavy atom. The predicted octanol–water partition coefficient (Wildman–Crippen LogP) is 6.92. The normalized spacial score (nSPS) is 11.5. The van der Waals surface area contributed by atoms with Gasteiger partial charge >= 0.3 is 0 Å². The number of para-hydroxylation sites is 2. The molecular formula is C23H19Br2N3O2. The van der Waals surface area contributed by atoms with Crippen LogP contribution in [0.25, 0.3) is 22.4 Å². The van der Waals surface area contributed by atoms with E-state index in [1.807, 2.05) is 56.3 Å². The summed E-state index contributed by atoms with van der Waals surface area (Å²) in [6, 6.07) is 15.7. The molecule has 0 aliphatic rings. The number of aryl methyl sites for hydroxylation is 1. The van der Waals surface area contributed by atoms with Crippen molar-refractivity contribution in [2.24, 2.45) is 4.99 Å². The van der Waals surface area contributed by atoms with Gasteiger partial charge < -0.3 is 14.8 Å². The smallest absolute Gasteiger partial charge is 0.167 e. The van der Waals surface area contributed by atoms with E-state index in [2.05, 4.69) is 46.8 Å². The summed E-state index contributed by atoms with van der Waals surface area (Å²) in [4.78, 5) is 12.7. The lowest BCUT2D eigenvalue weighted by Gasteiger charge is -2.11. The summed E-state index contributed by atoms with van der Waals surface area (Å²) in [7, 11) is 0. The number of benzene rings is 3. The van der Waals surface area contributed by atoms with Crippen molar-refractivity contribution in [2.45, 2.75) is 13.8 Å². The molecule has 0 spiro atoms. The molecule has 0 atom stereocenters. The number of nitrogens with one attached hydrogen (secondary N) is 1. The van der Waals surface area contributed by atoms with Gasteiger partial charge in [0, 0.05) is 20.7 Å². The maximum Gasteiger partial charge on any atom is 0.167 e. The Morgan fingerprint density at radius 1 is 1.17 bits per heavy atom. The Hall–Kier alpha value is -2.64.